The predicted molar refractivity (Wildman–Crippen MR) is 86.2 cm³/mol. The highest BCUT2D eigenvalue weighted by Crippen LogP contribution is 2.35. The van der Waals surface area contributed by atoms with Gasteiger partial charge in [0, 0.05) is 29.2 Å². The third kappa shape index (κ3) is 2.87. The lowest BCUT2D eigenvalue weighted by molar-refractivity contribution is 0.197. The monoisotopic (exact) mass is 290 g/mol. The molecule has 0 amide bonds. The van der Waals surface area contributed by atoms with Crippen molar-refractivity contribution in [3.05, 3.63) is 35.0 Å². The molecular weight excluding hydrogens is 268 g/mol. The maximum atomic E-state index is 6.46. The van der Waals surface area contributed by atoms with Crippen LogP contribution in [0.5, 0.6) is 0 Å². The second kappa shape index (κ2) is 5.42. The van der Waals surface area contributed by atoms with E-state index in [0.29, 0.717) is 11.5 Å². The Hall–Kier alpha value is -0.990. The second-order valence-corrected chi connectivity index (χ2v) is 7.18. The summed E-state index contributed by atoms with van der Waals surface area (Å²) in [5.41, 5.74) is 2.70. The number of nitrogens with one attached hydrogen (secondary N) is 2. The van der Waals surface area contributed by atoms with Crippen molar-refractivity contribution in [2.24, 2.45) is 5.41 Å². The van der Waals surface area contributed by atoms with Gasteiger partial charge in [-0.15, -0.1) is 0 Å². The molecule has 0 saturated heterocycles. The molecule has 3 rings (SSSR count). The summed E-state index contributed by atoms with van der Waals surface area (Å²) in [6.07, 6.45) is 5.20. The molecule has 20 heavy (non-hydrogen) atoms. The van der Waals surface area contributed by atoms with Crippen LogP contribution in [0, 0.1) is 5.41 Å². The van der Waals surface area contributed by atoms with Crippen LogP contribution in [0.15, 0.2) is 24.3 Å². The Balaban J connectivity index is 1.69. The molecule has 1 heterocycles. The summed E-state index contributed by atoms with van der Waals surface area (Å²) in [6.45, 7) is 5.57. The summed E-state index contributed by atoms with van der Waals surface area (Å²) < 4.78 is 0. The van der Waals surface area contributed by atoms with Crippen molar-refractivity contribution in [1.82, 2.24) is 10.3 Å². The minimum atomic E-state index is 0.472. The molecule has 1 saturated carbocycles. The van der Waals surface area contributed by atoms with Crippen molar-refractivity contribution in [3.8, 4) is 0 Å². The fourth-order valence-corrected chi connectivity index (χ4v) is 3.68. The number of aromatic nitrogens is 1. The van der Waals surface area contributed by atoms with Crippen LogP contribution in [0.2, 0.25) is 5.02 Å². The van der Waals surface area contributed by atoms with Gasteiger partial charge in [-0.2, -0.15) is 0 Å². The normalized spacial score (nSPS) is 22.2. The van der Waals surface area contributed by atoms with Crippen molar-refractivity contribution in [3.63, 3.8) is 0 Å². The van der Waals surface area contributed by atoms with Gasteiger partial charge in [0.15, 0.2) is 0 Å². The molecule has 1 fully saturated rings. The zero-order valence-corrected chi connectivity index (χ0v) is 13.1. The van der Waals surface area contributed by atoms with E-state index in [-0.39, 0.29) is 0 Å². The maximum Gasteiger partial charge on any atom is 0.0705 e. The van der Waals surface area contributed by atoms with Crippen LogP contribution in [0.3, 0.4) is 0 Å². The van der Waals surface area contributed by atoms with Gasteiger partial charge in [-0.1, -0.05) is 50.1 Å². The van der Waals surface area contributed by atoms with Crippen molar-refractivity contribution in [1.29, 1.82) is 0 Å². The van der Waals surface area contributed by atoms with Crippen LogP contribution in [-0.4, -0.2) is 11.0 Å². The first-order valence-electron chi connectivity index (χ1n) is 7.54. The van der Waals surface area contributed by atoms with E-state index in [9.17, 15) is 0 Å². The van der Waals surface area contributed by atoms with Gasteiger partial charge in [0.2, 0.25) is 0 Å². The molecular formula is C17H23ClN2. The number of H-pyrrole nitrogens is 1. The molecule has 1 aromatic heterocycles. The number of aromatic amines is 1. The molecule has 1 aliphatic carbocycles. The van der Waals surface area contributed by atoms with Crippen LogP contribution in [0.25, 0.3) is 10.9 Å². The van der Waals surface area contributed by atoms with E-state index < -0.39 is 0 Å². The summed E-state index contributed by atoms with van der Waals surface area (Å²) in [5.74, 6) is 0. The average molecular weight is 291 g/mol. The van der Waals surface area contributed by atoms with Crippen molar-refractivity contribution in [2.75, 3.05) is 0 Å². The summed E-state index contributed by atoms with van der Waals surface area (Å²) in [6, 6.07) is 8.83. The summed E-state index contributed by atoms with van der Waals surface area (Å²) >= 11 is 6.46. The first kappa shape index (κ1) is 14.0. The second-order valence-electron chi connectivity index (χ2n) is 6.80. The standard InChI is InChI=1S/C17H23ClN2/c1-17(2)9-5-6-12(10-17)19-11-15-16(18)13-7-3-4-8-14(13)20-15/h3-4,7-8,12,19-20H,5-6,9-11H2,1-2H3. The van der Waals surface area contributed by atoms with Gasteiger partial charge in [-0.25, -0.2) is 0 Å². The van der Waals surface area contributed by atoms with Gasteiger partial charge in [-0.05, 0) is 30.7 Å². The van der Waals surface area contributed by atoms with Gasteiger partial charge >= 0.3 is 0 Å². The predicted octanol–water partition coefficient (Wildman–Crippen LogP) is 4.88. The van der Waals surface area contributed by atoms with E-state index in [1.165, 1.54) is 25.7 Å². The Kier molecular flexibility index (Phi) is 3.78. The molecule has 0 bridgehead atoms. The molecule has 0 radical (unpaired) electrons. The van der Waals surface area contributed by atoms with E-state index >= 15 is 0 Å². The Morgan fingerprint density at radius 1 is 1.35 bits per heavy atom. The molecule has 1 atom stereocenters. The van der Waals surface area contributed by atoms with E-state index in [4.69, 9.17) is 11.6 Å². The SMILES string of the molecule is CC1(C)CCCC(NCc2[nH]c3ccccc3c2Cl)C1. The maximum absolute atomic E-state index is 6.46. The Bertz CT molecular complexity index is 600. The van der Waals surface area contributed by atoms with E-state index in [1.807, 2.05) is 12.1 Å². The van der Waals surface area contributed by atoms with Gasteiger partial charge in [-0.3, -0.25) is 0 Å². The minimum Gasteiger partial charge on any atom is -0.356 e. The van der Waals surface area contributed by atoms with Gasteiger partial charge in [0.25, 0.3) is 0 Å². The van der Waals surface area contributed by atoms with E-state index in [0.717, 1.165) is 28.2 Å². The highest BCUT2D eigenvalue weighted by Gasteiger charge is 2.27. The number of halogens is 1. The highest BCUT2D eigenvalue weighted by molar-refractivity contribution is 6.36. The Morgan fingerprint density at radius 2 is 2.15 bits per heavy atom. The fraction of sp³-hybridized carbons (Fsp3) is 0.529. The number of benzene rings is 1. The Morgan fingerprint density at radius 3 is 2.90 bits per heavy atom. The third-order valence-corrected chi connectivity index (χ3v) is 4.92. The van der Waals surface area contributed by atoms with Crippen molar-refractivity contribution in [2.45, 2.75) is 52.1 Å². The fourth-order valence-electron chi connectivity index (χ4n) is 3.40. The van der Waals surface area contributed by atoms with Crippen LogP contribution in [-0.2, 0) is 6.54 Å². The first-order chi connectivity index (χ1) is 9.55. The highest BCUT2D eigenvalue weighted by atomic mass is 35.5. The largest absolute Gasteiger partial charge is 0.356 e. The molecule has 3 heteroatoms. The number of rotatable bonds is 3. The zero-order valence-electron chi connectivity index (χ0n) is 12.3. The topological polar surface area (TPSA) is 27.8 Å². The van der Waals surface area contributed by atoms with Crippen molar-refractivity contribution >= 4 is 22.5 Å². The van der Waals surface area contributed by atoms with Crippen LogP contribution in [0.4, 0.5) is 0 Å². The van der Waals surface area contributed by atoms with Crippen LogP contribution < -0.4 is 5.32 Å². The van der Waals surface area contributed by atoms with Crippen LogP contribution >= 0.6 is 11.6 Å². The molecule has 0 aliphatic heterocycles. The molecule has 1 aliphatic rings. The molecule has 108 valence electrons. The average Bonchev–Trinajstić information content (AvgIpc) is 2.73. The number of para-hydroxylation sites is 1. The number of fused-ring (bicyclic) bond motifs is 1. The smallest absolute Gasteiger partial charge is 0.0705 e. The van der Waals surface area contributed by atoms with Gasteiger partial charge < -0.3 is 10.3 Å². The minimum absolute atomic E-state index is 0.472. The lowest BCUT2D eigenvalue weighted by Gasteiger charge is -2.35. The quantitative estimate of drug-likeness (QED) is 0.828. The lowest BCUT2D eigenvalue weighted by Crippen LogP contribution is -2.36. The van der Waals surface area contributed by atoms with E-state index in [1.54, 1.807) is 0 Å². The molecule has 0 spiro atoms. The lowest BCUT2D eigenvalue weighted by atomic mass is 9.75. The Labute approximate surface area is 125 Å². The third-order valence-electron chi connectivity index (χ3n) is 4.49. The number of hydrogen-bond donors (Lipinski definition) is 2. The summed E-state index contributed by atoms with van der Waals surface area (Å²) in [7, 11) is 0. The summed E-state index contributed by atoms with van der Waals surface area (Å²) in [5, 5.41) is 5.66. The zero-order chi connectivity index (χ0) is 14.2. The van der Waals surface area contributed by atoms with Gasteiger partial charge in [0.1, 0.15) is 0 Å². The van der Waals surface area contributed by atoms with Crippen LogP contribution in [0.1, 0.15) is 45.2 Å². The van der Waals surface area contributed by atoms with Crippen molar-refractivity contribution < 1.29 is 0 Å². The molecule has 2 nitrogen and oxygen atoms in total. The summed E-state index contributed by atoms with van der Waals surface area (Å²) in [4.78, 5) is 3.43. The van der Waals surface area contributed by atoms with Gasteiger partial charge in [0.05, 0.1) is 5.02 Å². The molecule has 1 unspecified atom stereocenters. The molecule has 2 aromatic rings. The first-order valence-corrected chi connectivity index (χ1v) is 7.91. The number of hydrogen-bond acceptors (Lipinski definition) is 1. The van der Waals surface area contributed by atoms with E-state index in [2.05, 4.69) is 36.3 Å². The molecule has 1 aromatic carbocycles. The molecule has 2 N–H and O–H groups in total.